The highest BCUT2D eigenvalue weighted by Gasteiger charge is 2.10. The summed E-state index contributed by atoms with van der Waals surface area (Å²) in [5, 5.41) is 10.3. The van der Waals surface area contributed by atoms with E-state index in [9.17, 15) is 10.1 Å². The average Bonchev–Trinajstić information content (AvgIpc) is 2.38. The van der Waals surface area contributed by atoms with Crippen LogP contribution in [0.3, 0.4) is 0 Å². The molecule has 1 aliphatic rings. The maximum Gasteiger partial charge on any atom is 0.235 e. The minimum absolute atomic E-state index is 0.437. The molecule has 1 aromatic carbocycles. The van der Waals surface area contributed by atoms with Crippen LogP contribution in [0.15, 0.2) is 30.5 Å². The molecule has 0 atom stereocenters. The van der Waals surface area contributed by atoms with E-state index >= 15 is 0 Å². The maximum atomic E-state index is 10.3. The van der Waals surface area contributed by atoms with Gasteiger partial charge in [0.1, 0.15) is 0 Å². The topological polar surface area (TPSA) is 46.4 Å². The third-order valence-corrected chi connectivity index (χ3v) is 2.98. The van der Waals surface area contributed by atoms with Crippen molar-refractivity contribution >= 4 is 11.8 Å². The van der Waals surface area contributed by atoms with Gasteiger partial charge >= 0.3 is 0 Å². The SMILES string of the molecule is O=[N+]([O-])C=Cc1cccc(N2CCCCC2)c1. The first-order valence-corrected chi connectivity index (χ1v) is 5.92. The van der Waals surface area contributed by atoms with E-state index in [-0.39, 0.29) is 0 Å². The Balaban J connectivity index is 2.12. The Morgan fingerprint density at radius 3 is 2.71 bits per heavy atom. The van der Waals surface area contributed by atoms with Crippen LogP contribution in [0.2, 0.25) is 0 Å². The third kappa shape index (κ3) is 3.31. The zero-order chi connectivity index (χ0) is 12.1. The fourth-order valence-corrected chi connectivity index (χ4v) is 2.12. The van der Waals surface area contributed by atoms with Gasteiger partial charge in [-0.05, 0) is 37.0 Å². The molecule has 4 nitrogen and oxygen atoms in total. The molecule has 0 N–H and O–H groups in total. The number of hydrogen-bond acceptors (Lipinski definition) is 3. The van der Waals surface area contributed by atoms with Crippen molar-refractivity contribution in [3.63, 3.8) is 0 Å². The van der Waals surface area contributed by atoms with Gasteiger partial charge in [-0.25, -0.2) is 0 Å². The van der Waals surface area contributed by atoms with E-state index in [0.29, 0.717) is 0 Å². The molecule has 17 heavy (non-hydrogen) atoms. The molecule has 0 aliphatic carbocycles. The molecule has 90 valence electrons. The van der Waals surface area contributed by atoms with Crippen molar-refractivity contribution in [3.05, 3.63) is 46.1 Å². The predicted octanol–water partition coefficient (Wildman–Crippen LogP) is 2.92. The fraction of sp³-hybridized carbons (Fsp3) is 0.385. The number of piperidine rings is 1. The molecule has 0 spiro atoms. The summed E-state index contributed by atoms with van der Waals surface area (Å²) in [5.74, 6) is 0. The van der Waals surface area contributed by atoms with E-state index in [1.807, 2.05) is 18.2 Å². The summed E-state index contributed by atoms with van der Waals surface area (Å²) < 4.78 is 0. The second kappa shape index (κ2) is 5.48. The highest BCUT2D eigenvalue weighted by molar-refractivity contribution is 5.58. The smallest absolute Gasteiger partial charge is 0.235 e. The Hall–Kier alpha value is -1.84. The summed E-state index contributed by atoms with van der Waals surface area (Å²) in [7, 11) is 0. The Bertz CT molecular complexity index is 423. The molecule has 4 heteroatoms. The van der Waals surface area contributed by atoms with E-state index < -0.39 is 4.92 Å². The Morgan fingerprint density at radius 1 is 1.24 bits per heavy atom. The van der Waals surface area contributed by atoms with Crippen LogP contribution in [0, 0.1) is 10.1 Å². The lowest BCUT2D eigenvalue weighted by Crippen LogP contribution is -2.29. The highest BCUT2D eigenvalue weighted by Crippen LogP contribution is 2.21. The lowest BCUT2D eigenvalue weighted by Gasteiger charge is -2.28. The summed E-state index contributed by atoms with van der Waals surface area (Å²) in [6.45, 7) is 2.17. The summed E-state index contributed by atoms with van der Waals surface area (Å²) in [6.07, 6.45) is 6.28. The molecular weight excluding hydrogens is 216 g/mol. The molecule has 1 fully saturated rings. The molecule has 0 bridgehead atoms. The Morgan fingerprint density at radius 2 is 2.00 bits per heavy atom. The number of hydrogen-bond donors (Lipinski definition) is 0. The van der Waals surface area contributed by atoms with Gasteiger partial charge in [0, 0.05) is 24.9 Å². The first-order valence-electron chi connectivity index (χ1n) is 5.92. The van der Waals surface area contributed by atoms with Gasteiger partial charge < -0.3 is 4.90 Å². The fourth-order valence-electron chi connectivity index (χ4n) is 2.12. The van der Waals surface area contributed by atoms with Crippen LogP contribution in [0.5, 0.6) is 0 Å². The van der Waals surface area contributed by atoms with E-state index in [1.54, 1.807) is 0 Å². The van der Waals surface area contributed by atoms with Gasteiger partial charge in [-0.1, -0.05) is 12.1 Å². The molecule has 1 aliphatic heterocycles. The molecule has 0 radical (unpaired) electrons. The largest absolute Gasteiger partial charge is 0.372 e. The van der Waals surface area contributed by atoms with Crippen molar-refractivity contribution in [1.29, 1.82) is 0 Å². The third-order valence-electron chi connectivity index (χ3n) is 2.98. The van der Waals surface area contributed by atoms with Gasteiger partial charge in [-0.15, -0.1) is 0 Å². The monoisotopic (exact) mass is 232 g/mol. The maximum absolute atomic E-state index is 10.3. The first-order chi connectivity index (χ1) is 8.25. The zero-order valence-corrected chi connectivity index (χ0v) is 9.71. The molecule has 1 aromatic rings. The summed E-state index contributed by atoms with van der Waals surface area (Å²) in [6, 6.07) is 7.90. The zero-order valence-electron chi connectivity index (χ0n) is 9.71. The predicted molar refractivity (Wildman–Crippen MR) is 68.5 cm³/mol. The quantitative estimate of drug-likeness (QED) is 0.594. The van der Waals surface area contributed by atoms with E-state index in [2.05, 4.69) is 11.0 Å². The number of rotatable bonds is 3. The van der Waals surface area contributed by atoms with Crippen molar-refractivity contribution in [2.24, 2.45) is 0 Å². The van der Waals surface area contributed by atoms with Crippen molar-refractivity contribution < 1.29 is 4.92 Å². The number of nitrogens with zero attached hydrogens (tertiary/aromatic N) is 2. The molecule has 0 saturated carbocycles. The number of benzene rings is 1. The van der Waals surface area contributed by atoms with Crippen LogP contribution >= 0.6 is 0 Å². The number of nitro groups is 1. The van der Waals surface area contributed by atoms with Crippen LogP contribution < -0.4 is 4.90 Å². The molecule has 0 amide bonds. The first kappa shape index (κ1) is 11.6. The normalized spacial score (nSPS) is 16.4. The van der Waals surface area contributed by atoms with Crippen molar-refractivity contribution in [3.8, 4) is 0 Å². The van der Waals surface area contributed by atoms with E-state index in [4.69, 9.17) is 0 Å². The van der Waals surface area contributed by atoms with Gasteiger partial charge in [0.2, 0.25) is 6.20 Å². The summed E-state index contributed by atoms with van der Waals surface area (Å²) >= 11 is 0. The van der Waals surface area contributed by atoms with Crippen LogP contribution in [0.1, 0.15) is 24.8 Å². The van der Waals surface area contributed by atoms with E-state index in [0.717, 1.165) is 30.5 Å². The molecular formula is C13H16N2O2. The Kier molecular flexibility index (Phi) is 3.75. The van der Waals surface area contributed by atoms with Gasteiger partial charge in [0.25, 0.3) is 0 Å². The van der Waals surface area contributed by atoms with Gasteiger partial charge in [-0.3, -0.25) is 10.1 Å². The van der Waals surface area contributed by atoms with E-state index in [1.165, 1.54) is 25.3 Å². The van der Waals surface area contributed by atoms with Crippen LogP contribution in [0.4, 0.5) is 5.69 Å². The average molecular weight is 232 g/mol. The molecule has 0 aromatic heterocycles. The van der Waals surface area contributed by atoms with Gasteiger partial charge in [0.05, 0.1) is 4.92 Å². The summed E-state index contributed by atoms with van der Waals surface area (Å²) in [5.41, 5.74) is 2.04. The van der Waals surface area contributed by atoms with Crippen molar-refractivity contribution in [1.82, 2.24) is 0 Å². The second-order valence-corrected chi connectivity index (χ2v) is 4.24. The second-order valence-electron chi connectivity index (χ2n) is 4.24. The minimum atomic E-state index is -0.437. The standard InChI is InChI=1S/C13H16N2O2/c16-15(17)10-7-12-5-4-6-13(11-12)14-8-2-1-3-9-14/h4-7,10-11H,1-3,8-9H2. The lowest BCUT2D eigenvalue weighted by atomic mass is 10.1. The van der Waals surface area contributed by atoms with Crippen LogP contribution in [-0.2, 0) is 0 Å². The molecule has 0 unspecified atom stereocenters. The van der Waals surface area contributed by atoms with Crippen molar-refractivity contribution in [2.75, 3.05) is 18.0 Å². The lowest BCUT2D eigenvalue weighted by molar-refractivity contribution is -0.400. The minimum Gasteiger partial charge on any atom is -0.372 e. The molecule has 2 rings (SSSR count). The van der Waals surface area contributed by atoms with Crippen LogP contribution in [0.25, 0.3) is 6.08 Å². The summed E-state index contributed by atoms with van der Waals surface area (Å²) in [4.78, 5) is 12.2. The molecule has 1 saturated heterocycles. The highest BCUT2D eigenvalue weighted by atomic mass is 16.6. The van der Waals surface area contributed by atoms with Gasteiger partial charge in [-0.2, -0.15) is 0 Å². The van der Waals surface area contributed by atoms with Crippen molar-refractivity contribution in [2.45, 2.75) is 19.3 Å². The van der Waals surface area contributed by atoms with Gasteiger partial charge in [0.15, 0.2) is 0 Å². The Labute approximate surface area is 101 Å². The van der Waals surface area contributed by atoms with Crippen LogP contribution in [-0.4, -0.2) is 18.0 Å². The number of anilines is 1. The molecule has 1 heterocycles.